The van der Waals surface area contributed by atoms with Gasteiger partial charge in [-0.15, -0.1) is 24.0 Å². The normalized spacial score (nSPS) is 23.5. The second-order valence-electron chi connectivity index (χ2n) is 6.88. The van der Waals surface area contributed by atoms with E-state index in [1.54, 1.807) is 0 Å². The average molecular weight is 460 g/mol. The van der Waals surface area contributed by atoms with Crippen LogP contribution < -0.4 is 10.6 Å². The summed E-state index contributed by atoms with van der Waals surface area (Å²) in [6, 6.07) is 0. The molecule has 1 amide bonds. The third-order valence-electron chi connectivity index (χ3n) is 5.02. The number of likely N-dealkylation sites (tertiary alicyclic amines) is 1. The summed E-state index contributed by atoms with van der Waals surface area (Å²) >= 11 is 0. The van der Waals surface area contributed by atoms with E-state index < -0.39 is 0 Å². The molecule has 0 aromatic carbocycles. The Morgan fingerprint density at radius 2 is 2.36 bits per heavy atom. The van der Waals surface area contributed by atoms with Crippen LogP contribution in [0.15, 0.2) is 17.4 Å². The molecule has 3 heterocycles. The molecule has 7 nitrogen and oxygen atoms in total. The van der Waals surface area contributed by atoms with Crippen molar-refractivity contribution in [3.05, 3.63) is 18.2 Å². The number of aryl methyl sites for hydroxylation is 1. The first-order valence-electron chi connectivity index (χ1n) is 8.90. The minimum absolute atomic E-state index is 0. The highest BCUT2D eigenvalue weighted by Gasteiger charge is 2.42. The van der Waals surface area contributed by atoms with E-state index in [1.165, 1.54) is 0 Å². The number of piperidine rings is 1. The second kappa shape index (κ2) is 8.86. The lowest BCUT2D eigenvalue weighted by atomic mass is 9.79. The smallest absolute Gasteiger partial charge is 0.220 e. The van der Waals surface area contributed by atoms with Crippen molar-refractivity contribution < 1.29 is 4.79 Å². The van der Waals surface area contributed by atoms with Crippen molar-refractivity contribution >= 4 is 35.8 Å². The lowest BCUT2D eigenvalue weighted by Crippen LogP contribution is -2.51. The predicted molar refractivity (Wildman–Crippen MR) is 109 cm³/mol. The zero-order valence-corrected chi connectivity index (χ0v) is 17.5. The zero-order chi connectivity index (χ0) is 17.0. The monoisotopic (exact) mass is 460 g/mol. The Balaban J connectivity index is 0.00000225. The molecule has 0 radical (unpaired) electrons. The van der Waals surface area contributed by atoms with Crippen LogP contribution in [0.3, 0.4) is 0 Å². The number of aliphatic imine (C=N–C) groups is 1. The van der Waals surface area contributed by atoms with Crippen LogP contribution in [-0.2, 0) is 11.3 Å². The first kappa shape index (κ1) is 20.0. The van der Waals surface area contributed by atoms with Gasteiger partial charge < -0.3 is 20.1 Å². The molecular weight excluding hydrogens is 431 g/mol. The topological polar surface area (TPSA) is 74.6 Å². The summed E-state index contributed by atoms with van der Waals surface area (Å²) in [5, 5.41) is 6.41. The van der Waals surface area contributed by atoms with E-state index in [-0.39, 0.29) is 35.3 Å². The minimum Gasteiger partial charge on any atom is -0.357 e. The van der Waals surface area contributed by atoms with Gasteiger partial charge in [-0.25, -0.2) is 4.98 Å². The Morgan fingerprint density at radius 1 is 1.52 bits per heavy atom. The fourth-order valence-corrected chi connectivity index (χ4v) is 3.76. The number of amides is 1. The SMILES string of the molecule is CCNC(=NCCn1ccnc1C)N1CCCC2(CNC(=O)C2)C1.I. The molecule has 1 atom stereocenters. The van der Waals surface area contributed by atoms with Crippen molar-refractivity contribution in [2.45, 2.75) is 39.7 Å². The van der Waals surface area contributed by atoms with Crippen molar-refractivity contribution in [1.29, 1.82) is 0 Å². The van der Waals surface area contributed by atoms with Gasteiger partial charge in [0.1, 0.15) is 5.82 Å². The fourth-order valence-electron chi connectivity index (χ4n) is 3.76. The summed E-state index contributed by atoms with van der Waals surface area (Å²) in [6.45, 7) is 9.22. The van der Waals surface area contributed by atoms with Gasteiger partial charge >= 0.3 is 0 Å². The van der Waals surface area contributed by atoms with Gasteiger partial charge in [0.25, 0.3) is 0 Å². The Labute approximate surface area is 166 Å². The molecule has 0 aliphatic carbocycles. The predicted octanol–water partition coefficient (Wildman–Crippen LogP) is 1.38. The molecule has 0 bridgehead atoms. The first-order chi connectivity index (χ1) is 11.6. The van der Waals surface area contributed by atoms with E-state index in [0.29, 0.717) is 6.42 Å². The summed E-state index contributed by atoms with van der Waals surface area (Å²) in [6.07, 6.45) is 6.69. The van der Waals surface area contributed by atoms with Crippen LogP contribution >= 0.6 is 24.0 Å². The van der Waals surface area contributed by atoms with Crippen LogP contribution in [0.4, 0.5) is 0 Å². The van der Waals surface area contributed by atoms with Crippen LogP contribution in [0.1, 0.15) is 32.0 Å². The quantitative estimate of drug-likeness (QED) is 0.405. The van der Waals surface area contributed by atoms with Gasteiger partial charge in [-0.05, 0) is 26.7 Å². The van der Waals surface area contributed by atoms with E-state index in [9.17, 15) is 4.79 Å². The second-order valence-corrected chi connectivity index (χ2v) is 6.88. The number of nitrogens with one attached hydrogen (secondary N) is 2. The van der Waals surface area contributed by atoms with Gasteiger partial charge in [0.2, 0.25) is 5.91 Å². The summed E-state index contributed by atoms with van der Waals surface area (Å²) in [4.78, 5) is 23.0. The molecule has 140 valence electrons. The molecule has 1 aromatic rings. The molecule has 0 saturated carbocycles. The molecule has 1 spiro atoms. The van der Waals surface area contributed by atoms with Crippen molar-refractivity contribution in [3.63, 3.8) is 0 Å². The van der Waals surface area contributed by atoms with Crippen molar-refractivity contribution in [1.82, 2.24) is 25.1 Å². The van der Waals surface area contributed by atoms with E-state index in [2.05, 4.69) is 32.0 Å². The molecule has 25 heavy (non-hydrogen) atoms. The summed E-state index contributed by atoms with van der Waals surface area (Å²) < 4.78 is 2.12. The molecule has 8 heteroatoms. The summed E-state index contributed by atoms with van der Waals surface area (Å²) in [5.74, 6) is 2.17. The highest BCUT2D eigenvalue weighted by molar-refractivity contribution is 14.0. The van der Waals surface area contributed by atoms with E-state index in [1.807, 2.05) is 19.3 Å². The number of carbonyl (C=O) groups is 1. The number of imidazole rings is 1. The van der Waals surface area contributed by atoms with Gasteiger partial charge in [0, 0.05) is 57.0 Å². The molecule has 2 aliphatic heterocycles. The number of aromatic nitrogens is 2. The number of hydrogen-bond donors (Lipinski definition) is 2. The molecule has 1 aromatic heterocycles. The average Bonchev–Trinajstić information content (AvgIpc) is 3.13. The van der Waals surface area contributed by atoms with Crippen molar-refractivity contribution in [3.8, 4) is 0 Å². The van der Waals surface area contributed by atoms with Crippen LogP contribution in [0.25, 0.3) is 0 Å². The van der Waals surface area contributed by atoms with E-state index in [0.717, 1.165) is 63.9 Å². The van der Waals surface area contributed by atoms with Crippen LogP contribution in [0.2, 0.25) is 0 Å². The third kappa shape index (κ3) is 4.86. The third-order valence-corrected chi connectivity index (χ3v) is 5.02. The Hall–Kier alpha value is -1.32. The maximum absolute atomic E-state index is 11.7. The lowest BCUT2D eigenvalue weighted by Gasteiger charge is -2.40. The summed E-state index contributed by atoms with van der Waals surface area (Å²) in [5.41, 5.74) is 0.0897. The van der Waals surface area contributed by atoms with Crippen LogP contribution in [0.5, 0.6) is 0 Å². The highest BCUT2D eigenvalue weighted by Crippen LogP contribution is 2.35. The number of guanidine groups is 1. The van der Waals surface area contributed by atoms with Gasteiger partial charge in [-0.1, -0.05) is 0 Å². The standard InChI is InChI=1S/C17H28N6O.HI/c1-3-18-16(20-7-10-22-9-6-19-14(22)2)23-8-4-5-17(13-23)11-15(24)21-12-17;/h6,9H,3-5,7-8,10-13H2,1-2H3,(H,18,20)(H,21,24);1H. The van der Waals surface area contributed by atoms with Gasteiger partial charge in [0.05, 0.1) is 6.54 Å². The van der Waals surface area contributed by atoms with Crippen LogP contribution in [0, 0.1) is 12.3 Å². The van der Waals surface area contributed by atoms with Crippen LogP contribution in [-0.4, -0.2) is 59.0 Å². The van der Waals surface area contributed by atoms with Crippen molar-refractivity contribution in [2.24, 2.45) is 10.4 Å². The number of rotatable bonds is 4. The number of carbonyl (C=O) groups excluding carboxylic acids is 1. The molecule has 2 aliphatic rings. The molecule has 2 N–H and O–H groups in total. The zero-order valence-electron chi connectivity index (χ0n) is 15.1. The number of halogens is 1. The molecule has 2 saturated heterocycles. The van der Waals surface area contributed by atoms with Gasteiger partial charge in [-0.3, -0.25) is 9.79 Å². The minimum atomic E-state index is 0. The molecule has 3 rings (SSSR count). The van der Waals surface area contributed by atoms with Gasteiger partial charge in [-0.2, -0.15) is 0 Å². The number of hydrogen-bond acceptors (Lipinski definition) is 3. The fraction of sp³-hybridized carbons (Fsp3) is 0.706. The maximum atomic E-state index is 11.7. The van der Waals surface area contributed by atoms with Crippen molar-refractivity contribution in [2.75, 3.05) is 32.7 Å². The lowest BCUT2D eigenvalue weighted by molar-refractivity contribution is -0.119. The maximum Gasteiger partial charge on any atom is 0.220 e. The van der Waals surface area contributed by atoms with Gasteiger partial charge in [0.15, 0.2) is 5.96 Å². The molecule has 2 fully saturated rings. The largest absolute Gasteiger partial charge is 0.357 e. The summed E-state index contributed by atoms with van der Waals surface area (Å²) in [7, 11) is 0. The first-order valence-corrected chi connectivity index (χ1v) is 8.90. The van der Waals surface area contributed by atoms with E-state index >= 15 is 0 Å². The van der Waals surface area contributed by atoms with E-state index in [4.69, 9.17) is 4.99 Å². The highest BCUT2D eigenvalue weighted by atomic mass is 127. The Bertz CT molecular complexity index is 616. The number of nitrogens with zero attached hydrogens (tertiary/aromatic N) is 4. The molecule has 1 unspecified atom stereocenters. The Morgan fingerprint density at radius 3 is 3.00 bits per heavy atom. The Kier molecular flexibility index (Phi) is 7.09. The molecular formula is C17H29IN6O.